The van der Waals surface area contributed by atoms with Gasteiger partial charge >= 0.3 is 11.9 Å². The summed E-state index contributed by atoms with van der Waals surface area (Å²) < 4.78 is 35.0. The first-order valence-electron chi connectivity index (χ1n) is 7.69. The summed E-state index contributed by atoms with van der Waals surface area (Å²) in [6, 6.07) is 11.0. The zero-order chi connectivity index (χ0) is 18.4. The number of sulfone groups is 1. The average molecular weight is 362 g/mol. The monoisotopic (exact) mass is 362 g/mol. The standard InChI is InChI=1S/C18H18O6S/c1-3-23-17(19)13-5-9-15(10-6-13)25(21,22)16-11-7-14(8-12-16)18(20)24-4-2/h5-12H,3-4H2,1-2H3. The second-order valence-corrected chi connectivity index (χ2v) is 6.94. The summed E-state index contributed by atoms with van der Waals surface area (Å²) in [5, 5.41) is 0. The van der Waals surface area contributed by atoms with E-state index in [9.17, 15) is 18.0 Å². The van der Waals surface area contributed by atoms with Crippen LogP contribution in [0, 0.1) is 0 Å². The molecule has 7 heteroatoms. The topological polar surface area (TPSA) is 86.7 Å². The van der Waals surface area contributed by atoms with E-state index in [1.807, 2.05) is 0 Å². The van der Waals surface area contributed by atoms with Crippen molar-refractivity contribution in [3.63, 3.8) is 0 Å². The van der Waals surface area contributed by atoms with Crippen molar-refractivity contribution in [2.75, 3.05) is 13.2 Å². The smallest absolute Gasteiger partial charge is 0.338 e. The van der Waals surface area contributed by atoms with E-state index in [0.717, 1.165) is 0 Å². The predicted molar refractivity (Wildman–Crippen MR) is 90.2 cm³/mol. The molecule has 0 aromatic heterocycles. The molecule has 0 saturated heterocycles. The molecule has 0 aliphatic rings. The molecule has 0 bridgehead atoms. The van der Waals surface area contributed by atoms with Crippen LogP contribution in [0.25, 0.3) is 0 Å². The molecule has 0 aliphatic carbocycles. The zero-order valence-corrected chi connectivity index (χ0v) is 14.7. The van der Waals surface area contributed by atoms with Crippen LogP contribution in [0.4, 0.5) is 0 Å². The number of ether oxygens (including phenoxy) is 2. The maximum absolute atomic E-state index is 12.6. The fraction of sp³-hybridized carbons (Fsp3) is 0.222. The third kappa shape index (κ3) is 4.24. The molecule has 0 amide bonds. The highest BCUT2D eigenvalue weighted by molar-refractivity contribution is 7.91. The Morgan fingerprint density at radius 1 is 0.720 bits per heavy atom. The molecule has 0 fully saturated rings. The first kappa shape index (κ1) is 18.7. The molecular formula is C18H18O6S. The number of hydrogen-bond donors (Lipinski definition) is 0. The van der Waals surface area contributed by atoms with Crippen molar-refractivity contribution in [2.45, 2.75) is 23.6 Å². The molecule has 132 valence electrons. The molecule has 2 aromatic rings. The van der Waals surface area contributed by atoms with Crippen molar-refractivity contribution in [1.82, 2.24) is 0 Å². The Morgan fingerprint density at radius 2 is 1.04 bits per heavy atom. The highest BCUT2D eigenvalue weighted by Gasteiger charge is 2.19. The van der Waals surface area contributed by atoms with Gasteiger partial charge in [0, 0.05) is 0 Å². The second kappa shape index (κ2) is 7.94. The average Bonchev–Trinajstić information content (AvgIpc) is 2.62. The molecular weight excluding hydrogens is 344 g/mol. The molecule has 0 aliphatic heterocycles. The highest BCUT2D eigenvalue weighted by Crippen LogP contribution is 2.22. The van der Waals surface area contributed by atoms with E-state index >= 15 is 0 Å². The first-order valence-corrected chi connectivity index (χ1v) is 9.18. The number of esters is 2. The summed E-state index contributed by atoms with van der Waals surface area (Å²) in [4.78, 5) is 23.3. The normalized spacial score (nSPS) is 11.0. The summed E-state index contributed by atoms with van der Waals surface area (Å²) in [6.07, 6.45) is 0. The number of carbonyl (C=O) groups is 2. The van der Waals surface area contributed by atoms with Gasteiger partial charge in [0.2, 0.25) is 9.84 Å². The summed E-state index contributed by atoms with van der Waals surface area (Å²) in [6.45, 7) is 3.87. The molecule has 0 saturated carbocycles. The van der Waals surface area contributed by atoms with Gasteiger partial charge in [-0.3, -0.25) is 0 Å². The van der Waals surface area contributed by atoms with Crippen molar-refractivity contribution in [3.8, 4) is 0 Å². The molecule has 0 heterocycles. The molecule has 2 aromatic carbocycles. The maximum Gasteiger partial charge on any atom is 0.338 e. The van der Waals surface area contributed by atoms with Gasteiger partial charge in [-0.15, -0.1) is 0 Å². The molecule has 0 radical (unpaired) electrons. The lowest BCUT2D eigenvalue weighted by atomic mass is 10.2. The van der Waals surface area contributed by atoms with Crippen molar-refractivity contribution < 1.29 is 27.5 Å². The quantitative estimate of drug-likeness (QED) is 0.735. The van der Waals surface area contributed by atoms with Crippen LogP contribution in [0.15, 0.2) is 58.3 Å². The van der Waals surface area contributed by atoms with Gasteiger partial charge in [-0.05, 0) is 62.4 Å². The number of carbonyl (C=O) groups excluding carboxylic acids is 2. The lowest BCUT2D eigenvalue weighted by Crippen LogP contribution is -2.07. The Balaban J connectivity index is 2.26. The van der Waals surface area contributed by atoms with Crippen LogP contribution in [0.5, 0.6) is 0 Å². The minimum Gasteiger partial charge on any atom is -0.462 e. The summed E-state index contributed by atoms with van der Waals surface area (Å²) in [5.74, 6) is -1.02. The van der Waals surface area contributed by atoms with E-state index in [0.29, 0.717) is 0 Å². The fourth-order valence-corrected chi connectivity index (χ4v) is 3.37. The van der Waals surface area contributed by atoms with Crippen molar-refractivity contribution in [2.24, 2.45) is 0 Å². The van der Waals surface area contributed by atoms with E-state index < -0.39 is 21.8 Å². The van der Waals surface area contributed by atoms with Crippen LogP contribution in [0.2, 0.25) is 0 Å². The van der Waals surface area contributed by atoms with Crippen molar-refractivity contribution in [1.29, 1.82) is 0 Å². The molecule has 0 atom stereocenters. The largest absolute Gasteiger partial charge is 0.462 e. The van der Waals surface area contributed by atoms with Crippen LogP contribution in [-0.2, 0) is 19.3 Å². The molecule has 0 N–H and O–H groups in total. The van der Waals surface area contributed by atoms with Crippen LogP contribution in [-0.4, -0.2) is 33.6 Å². The van der Waals surface area contributed by atoms with Gasteiger partial charge in [0.05, 0.1) is 34.1 Å². The van der Waals surface area contributed by atoms with E-state index in [1.54, 1.807) is 13.8 Å². The number of benzene rings is 2. The minimum absolute atomic E-state index is 0.0458. The van der Waals surface area contributed by atoms with Gasteiger partial charge in [-0.2, -0.15) is 0 Å². The third-order valence-corrected chi connectivity index (χ3v) is 5.14. The van der Waals surface area contributed by atoms with Gasteiger partial charge < -0.3 is 9.47 Å². The van der Waals surface area contributed by atoms with Gasteiger partial charge in [0.15, 0.2) is 0 Å². The van der Waals surface area contributed by atoms with E-state index in [4.69, 9.17) is 9.47 Å². The van der Waals surface area contributed by atoms with Crippen LogP contribution in [0.3, 0.4) is 0 Å². The van der Waals surface area contributed by atoms with Gasteiger partial charge in [0.1, 0.15) is 0 Å². The Labute approximate surface area is 146 Å². The highest BCUT2D eigenvalue weighted by atomic mass is 32.2. The lowest BCUT2D eigenvalue weighted by Gasteiger charge is -2.07. The summed E-state index contributed by atoms with van der Waals surface area (Å²) >= 11 is 0. The Morgan fingerprint density at radius 3 is 1.32 bits per heavy atom. The molecule has 0 spiro atoms. The van der Waals surface area contributed by atoms with E-state index in [1.165, 1.54) is 48.5 Å². The molecule has 0 unspecified atom stereocenters. The van der Waals surface area contributed by atoms with Gasteiger partial charge in [-0.25, -0.2) is 18.0 Å². The van der Waals surface area contributed by atoms with Crippen LogP contribution in [0.1, 0.15) is 34.6 Å². The van der Waals surface area contributed by atoms with E-state index in [2.05, 4.69) is 0 Å². The molecule has 2 rings (SSSR count). The number of rotatable bonds is 6. The predicted octanol–water partition coefficient (Wildman–Crippen LogP) is 2.87. The number of hydrogen-bond acceptors (Lipinski definition) is 6. The van der Waals surface area contributed by atoms with Crippen LogP contribution >= 0.6 is 0 Å². The second-order valence-electron chi connectivity index (χ2n) is 4.99. The fourth-order valence-electron chi connectivity index (χ4n) is 2.11. The Hall–Kier alpha value is -2.67. The molecule has 6 nitrogen and oxygen atoms in total. The van der Waals surface area contributed by atoms with Crippen molar-refractivity contribution in [3.05, 3.63) is 59.7 Å². The molecule has 25 heavy (non-hydrogen) atoms. The maximum atomic E-state index is 12.6. The van der Waals surface area contributed by atoms with E-state index in [-0.39, 0.29) is 34.1 Å². The summed E-state index contributed by atoms with van der Waals surface area (Å²) in [5.41, 5.74) is 0.553. The minimum atomic E-state index is -3.75. The Bertz CT molecular complexity index is 784. The zero-order valence-electron chi connectivity index (χ0n) is 13.9. The SMILES string of the molecule is CCOC(=O)c1ccc(S(=O)(=O)c2ccc(C(=O)OCC)cc2)cc1. The summed E-state index contributed by atoms with van der Waals surface area (Å²) in [7, 11) is -3.75. The van der Waals surface area contributed by atoms with Crippen molar-refractivity contribution >= 4 is 21.8 Å². The van der Waals surface area contributed by atoms with Gasteiger partial charge in [-0.1, -0.05) is 0 Å². The van der Waals surface area contributed by atoms with Crippen LogP contribution < -0.4 is 0 Å². The first-order chi connectivity index (χ1) is 11.9. The lowest BCUT2D eigenvalue weighted by molar-refractivity contribution is 0.0516. The third-order valence-electron chi connectivity index (χ3n) is 3.35. The Kier molecular flexibility index (Phi) is 5.93. The van der Waals surface area contributed by atoms with Gasteiger partial charge in [0.25, 0.3) is 0 Å².